The van der Waals surface area contributed by atoms with Gasteiger partial charge < -0.3 is 0 Å². The molecule has 0 saturated heterocycles. The molecule has 1 aliphatic carbocycles. The zero-order valence-corrected chi connectivity index (χ0v) is 7.21. The Balaban J connectivity index is 2.89. The number of hydrogen-bond acceptors (Lipinski definition) is 0. The quantitative estimate of drug-likeness (QED) is 0.527. The molecule has 0 heterocycles. The van der Waals surface area contributed by atoms with E-state index in [4.69, 9.17) is 23.2 Å². The number of rotatable bonds is 0. The molecular formula is C8H8Cl2. The monoisotopic (exact) mass is 174 g/mol. The third-order valence-corrected chi connectivity index (χ3v) is 2.16. The molecule has 0 aromatic carbocycles. The summed E-state index contributed by atoms with van der Waals surface area (Å²) in [5.41, 5.74) is 1.20. The molecule has 0 nitrogen and oxygen atoms in total. The van der Waals surface area contributed by atoms with Gasteiger partial charge >= 0.3 is 0 Å². The van der Waals surface area contributed by atoms with Crippen molar-refractivity contribution in [3.8, 4) is 0 Å². The topological polar surface area (TPSA) is 0 Å². The molecule has 1 aliphatic rings. The Morgan fingerprint density at radius 3 is 2.70 bits per heavy atom. The van der Waals surface area contributed by atoms with Gasteiger partial charge in [-0.3, -0.25) is 0 Å². The molecule has 0 atom stereocenters. The molecule has 0 fully saturated rings. The van der Waals surface area contributed by atoms with Gasteiger partial charge in [-0.15, -0.1) is 0 Å². The maximum atomic E-state index is 5.79. The molecule has 0 radical (unpaired) electrons. The van der Waals surface area contributed by atoms with Gasteiger partial charge in [0.25, 0.3) is 0 Å². The summed E-state index contributed by atoms with van der Waals surface area (Å²) < 4.78 is 0. The van der Waals surface area contributed by atoms with Crippen LogP contribution in [0.1, 0.15) is 13.3 Å². The second kappa shape index (κ2) is 3.27. The van der Waals surface area contributed by atoms with Crippen LogP contribution in [0.25, 0.3) is 0 Å². The Hall–Kier alpha value is -0.200. The van der Waals surface area contributed by atoms with Crippen LogP contribution < -0.4 is 0 Å². The predicted octanol–water partition coefficient (Wildman–Crippen LogP) is 3.58. The Labute approximate surface area is 70.8 Å². The van der Waals surface area contributed by atoms with Crippen molar-refractivity contribution in [2.45, 2.75) is 13.3 Å². The van der Waals surface area contributed by atoms with Crippen LogP contribution in [-0.4, -0.2) is 0 Å². The fourth-order valence-electron chi connectivity index (χ4n) is 0.711. The maximum absolute atomic E-state index is 5.79. The van der Waals surface area contributed by atoms with Crippen LogP contribution in [0.15, 0.2) is 33.9 Å². The van der Waals surface area contributed by atoms with Gasteiger partial charge in [0.2, 0.25) is 0 Å². The van der Waals surface area contributed by atoms with Crippen molar-refractivity contribution in [1.82, 2.24) is 0 Å². The van der Waals surface area contributed by atoms with Crippen molar-refractivity contribution in [2.24, 2.45) is 0 Å². The van der Waals surface area contributed by atoms with Gasteiger partial charge in [0, 0.05) is 11.5 Å². The molecule has 0 spiro atoms. The van der Waals surface area contributed by atoms with E-state index >= 15 is 0 Å². The van der Waals surface area contributed by atoms with Crippen molar-refractivity contribution >= 4 is 23.2 Å². The van der Waals surface area contributed by atoms with Crippen molar-refractivity contribution in [3.05, 3.63) is 33.9 Å². The molecule has 0 unspecified atom stereocenters. The Morgan fingerprint density at radius 1 is 1.30 bits per heavy atom. The average molecular weight is 175 g/mol. The van der Waals surface area contributed by atoms with Crippen LogP contribution in [-0.2, 0) is 0 Å². The van der Waals surface area contributed by atoms with Gasteiger partial charge in [0.05, 0.1) is 5.03 Å². The van der Waals surface area contributed by atoms with Gasteiger partial charge in [-0.2, -0.15) is 0 Å². The summed E-state index contributed by atoms with van der Waals surface area (Å²) in [6, 6.07) is 0. The summed E-state index contributed by atoms with van der Waals surface area (Å²) in [5.74, 6) is 0. The molecule has 2 heteroatoms. The molecule has 0 amide bonds. The molecule has 10 heavy (non-hydrogen) atoms. The molecule has 0 aromatic heterocycles. The minimum absolute atomic E-state index is 0.648. The zero-order chi connectivity index (χ0) is 7.56. The van der Waals surface area contributed by atoms with Crippen molar-refractivity contribution in [2.75, 3.05) is 0 Å². The standard InChI is InChI=1S/C8H8Cl2/c1-6-2-4-7(9)8(10)5-3-6/h2-4H,5H2,1H3. The molecule has 0 bridgehead atoms. The van der Waals surface area contributed by atoms with Crippen LogP contribution in [0.3, 0.4) is 0 Å². The Bertz CT molecular complexity index is 221. The van der Waals surface area contributed by atoms with E-state index in [9.17, 15) is 0 Å². The highest BCUT2D eigenvalue weighted by molar-refractivity contribution is 6.40. The van der Waals surface area contributed by atoms with Gasteiger partial charge in [-0.05, 0) is 13.0 Å². The first-order valence-corrected chi connectivity index (χ1v) is 3.85. The molecule has 0 aliphatic heterocycles. The molecular weight excluding hydrogens is 167 g/mol. The van der Waals surface area contributed by atoms with E-state index in [1.165, 1.54) is 5.57 Å². The van der Waals surface area contributed by atoms with E-state index in [-0.39, 0.29) is 0 Å². The van der Waals surface area contributed by atoms with Crippen LogP contribution in [0.5, 0.6) is 0 Å². The molecule has 0 saturated carbocycles. The summed E-state index contributed by atoms with van der Waals surface area (Å²) in [7, 11) is 0. The fraction of sp³-hybridized carbons (Fsp3) is 0.250. The molecule has 0 aromatic rings. The summed E-state index contributed by atoms with van der Waals surface area (Å²) in [6.45, 7) is 2.02. The normalized spacial score (nSPS) is 18.9. The van der Waals surface area contributed by atoms with Gasteiger partial charge in [-0.25, -0.2) is 0 Å². The van der Waals surface area contributed by atoms with Crippen LogP contribution >= 0.6 is 23.2 Å². The lowest BCUT2D eigenvalue weighted by atomic mass is 10.2. The maximum Gasteiger partial charge on any atom is 0.0554 e. The SMILES string of the molecule is CC1=CCC(Cl)=C(Cl)C=C1. The molecule has 54 valence electrons. The van der Waals surface area contributed by atoms with Crippen molar-refractivity contribution < 1.29 is 0 Å². The first-order chi connectivity index (χ1) is 4.70. The Morgan fingerprint density at radius 2 is 2.00 bits per heavy atom. The lowest BCUT2D eigenvalue weighted by Gasteiger charge is -1.90. The minimum atomic E-state index is 0.648. The average Bonchev–Trinajstić information content (AvgIpc) is 2.04. The van der Waals surface area contributed by atoms with Crippen LogP contribution in [0.4, 0.5) is 0 Å². The fourth-order valence-corrected chi connectivity index (χ4v) is 0.991. The third-order valence-electron chi connectivity index (χ3n) is 1.35. The van der Waals surface area contributed by atoms with E-state index in [0.717, 1.165) is 11.5 Å². The lowest BCUT2D eigenvalue weighted by Crippen LogP contribution is -1.69. The largest absolute Gasteiger partial charge is 0.0872 e. The first kappa shape index (κ1) is 7.90. The molecule has 0 N–H and O–H groups in total. The van der Waals surface area contributed by atoms with E-state index in [1.54, 1.807) is 0 Å². The second-order valence-corrected chi connectivity index (χ2v) is 3.10. The van der Waals surface area contributed by atoms with E-state index in [1.807, 2.05) is 25.2 Å². The van der Waals surface area contributed by atoms with Crippen LogP contribution in [0, 0.1) is 0 Å². The summed E-state index contributed by atoms with van der Waals surface area (Å²) >= 11 is 11.6. The number of hydrogen-bond donors (Lipinski definition) is 0. The highest BCUT2D eigenvalue weighted by Crippen LogP contribution is 2.23. The van der Waals surface area contributed by atoms with Crippen LogP contribution in [0.2, 0.25) is 0 Å². The highest BCUT2D eigenvalue weighted by atomic mass is 35.5. The third kappa shape index (κ3) is 1.89. The summed E-state index contributed by atoms with van der Waals surface area (Å²) in [5, 5.41) is 1.37. The van der Waals surface area contributed by atoms with E-state index in [0.29, 0.717) is 5.03 Å². The van der Waals surface area contributed by atoms with Crippen molar-refractivity contribution in [3.63, 3.8) is 0 Å². The van der Waals surface area contributed by atoms with Gasteiger partial charge in [-0.1, -0.05) is 40.9 Å². The summed E-state index contributed by atoms with van der Waals surface area (Å²) in [6.07, 6.45) is 6.58. The second-order valence-electron chi connectivity index (χ2n) is 2.24. The van der Waals surface area contributed by atoms with Crippen molar-refractivity contribution in [1.29, 1.82) is 0 Å². The molecule has 1 rings (SSSR count). The highest BCUT2D eigenvalue weighted by Gasteiger charge is 1.99. The minimum Gasteiger partial charge on any atom is -0.0872 e. The van der Waals surface area contributed by atoms with E-state index < -0.39 is 0 Å². The zero-order valence-electron chi connectivity index (χ0n) is 5.70. The predicted molar refractivity (Wildman–Crippen MR) is 46.2 cm³/mol. The summed E-state index contributed by atoms with van der Waals surface area (Å²) in [4.78, 5) is 0. The first-order valence-electron chi connectivity index (χ1n) is 3.09. The number of halogens is 2. The smallest absolute Gasteiger partial charge is 0.0554 e. The van der Waals surface area contributed by atoms with Gasteiger partial charge in [0.1, 0.15) is 0 Å². The van der Waals surface area contributed by atoms with Gasteiger partial charge in [0.15, 0.2) is 0 Å². The number of allylic oxidation sites excluding steroid dienone is 6. The Kier molecular flexibility index (Phi) is 2.58. The van der Waals surface area contributed by atoms with E-state index in [2.05, 4.69) is 0 Å². The lowest BCUT2D eigenvalue weighted by molar-refractivity contribution is 1.31.